The average molecular weight is 322 g/mol. The van der Waals surface area contributed by atoms with Gasteiger partial charge >= 0.3 is 5.97 Å². The minimum atomic E-state index is -0.646. The highest BCUT2D eigenvalue weighted by atomic mass is 16.6. The second kappa shape index (κ2) is 8.77. The van der Waals surface area contributed by atoms with Gasteiger partial charge in [0.25, 0.3) is 5.91 Å². The Bertz CT molecular complexity index is 586. The molecule has 0 saturated carbocycles. The van der Waals surface area contributed by atoms with Crippen molar-refractivity contribution in [2.24, 2.45) is 0 Å². The molecule has 0 heterocycles. The lowest BCUT2D eigenvalue weighted by Crippen LogP contribution is -2.39. The second-order valence-electron chi connectivity index (χ2n) is 5.14. The van der Waals surface area contributed by atoms with E-state index in [2.05, 4.69) is 5.32 Å². The number of nitrogens with one attached hydrogen (secondary N) is 1. The highest BCUT2D eigenvalue weighted by Gasteiger charge is 2.15. The van der Waals surface area contributed by atoms with Crippen LogP contribution in [0.4, 0.5) is 0 Å². The molecule has 0 aliphatic heterocycles. The van der Waals surface area contributed by atoms with E-state index in [1.54, 1.807) is 0 Å². The lowest BCUT2D eigenvalue weighted by molar-refractivity contribution is -0.153. The summed E-state index contributed by atoms with van der Waals surface area (Å²) >= 11 is 0. The van der Waals surface area contributed by atoms with E-state index in [1.807, 2.05) is 32.0 Å². The molecule has 0 bridgehead atoms. The Morgan fingerprint density at radius 3 is 2.52 bits per heavy atom. The summed E-state index contributed by atoms with van der Waals surface area (Å²) in [4.78, 5) is 35.6. The van der Waals surface area contributed by atoms with Gasteiger partial charge in [0, 0.05) is 14.1 Å². The summed E-state index contributed by atoms with van der Waals surface area (Å²) in [6.45, 7) is 2.99. The van der Waals surface area contributed by atoms with Gasteiger partial charge < -0.3 is 19.7 Å². The predicted molar refractivity (Wildman–Crippen MR) is 84.1 cm³/mol. The van der Waals surface area contributed by atoms with Crippen LogP contribution in [-0.4, -0.2) is 56.5 Å². The van der Waals surface area contributed by atoms with Crippen molar-refractivity contribution in [1.29, 1.82) is 0 Å². The van der Waals surface area contributed by atoms with E-state index in [0.717, 1.165) is 11.1 Å². The van der Waals surface area contributed by atoms with Gasteiger partial charge in [0.2, 0.25) is 5.91 Å². The molecule has 0 aromatic heterocycles. The van der Waals surface area contributed by atoms with Crippen molar-refractivity contribution >= 4 is 17.8 Å². The van der Waals surface area contributed by atoms with E-state index >= 15 is 0 Å². The normalized spacial score (nSPS) is 9.91. The van der Waals surface area contributed by atoms with Crippen molar-refractivity contribution in [3.8, 4) is 5.75 Å². The summed E-state index contributed by atoms with van der Waals surface area (Å²) in [5.74, 6) is -0.809. The van der Waals surface area contributed by atoms with Crippen LogP contribution >= 0.6 is 0 Å². The van der Waals surface area contributed by atoms with Crippen LogP contribution in [0.25, 0.3) is 0 Å². The van der Waals surface area contributed by atoms with E-state index in [4.69, 9.17) is 9.47 Å². The number of hydrogen-bond donors (Lipinski definition) is 1. The van der Waals surface area contributed by atoms with Crippen LogP contribution in [0.3, 0.4) is 0 Å². The summed E-state index contributed by atoms with van der Waals surface area (Å²) in [7, 11) is 2.93. The minimum absolute atomic E-state index is 0.0914. The van der Waals surface area contributed by atoms with Crippen molar-refractivity contribution in [2.75, 3.05) is 33.9 Å². The Morgan fingerprint density at radius 2 is 1.87 bits per heavy atom. The smallest absolute Gasteiger partial charge is 0.344 e. The van der Waals surface area contributed by atoms with Gasteiger partial charge in [0.05, 0.1) is 6.54 Å². The van der Waals surface area contributed by atoms with Gasteiger partial charge in [-0.3, -0.25) is 9.59 Å². The number of carbonyl (C=O) groups excluding carboxylic acids is 3. The summed E-state index contributed by atoms with van der Waals surface area (Å²) in [6.07, 6.45) is 0. The number of amides is 2. The summed E-state index contributed by atoms with van der Waals surface area (Å²) in [5.41, 5.74) is 1.93. The van der Waals surface area contributed by atoms with Crippen LogP contribution in [0.2, 0.25) is 0 Å². The first-order valence-corrected chi connectivity index (χ1v) is 7.13. The fraction of sp³-hybridized carbons (Fsp3) is 0.438. The van der Waals surface area contributed by atoms with Crippen LogP contribution in [0, 0.1) is 13.8 Å². The van der Waals surface area contributed by atoms with E-state index in [-0.39, 0.29) is 19.1 Å². The predicted octanol–water partition coefficient (Wildman–Crippen LogP) is 0.430. The van der Waals surface area contributed by atoms with Crippen LogP contribution in [0.5, 0.6) is 5.75 Å². The molecule has 1 aromatic carbocycles. The van der Waals surface area contributed by atoms with Crippen molar-refractivity contribution in [3.63, 3.8) is 0 Å². The van der Waals surface area contributed by atoms with Crippen LogP contribution in [0.1, 0.15) is 11.1 Å². The van der Waals surface area contributed by atoms with Crippen molar-refractivity contribution in [3.05, 3.63) is 29.3 Å². The first kappa shape index (κ1) is 18.5. The van der Waals surface area contributed by atoms with Gasteiger partial charge in [-0.15, -0.1) is 0 Å². The molecule has 126 valence electrons. The maximum absolute atomic E-state index is 11.7. The number of esters is 1. The third-order valence-electron chi connectivity index (χ3n) is 3.13. The Balaban J connectivity index is 2.38. The zero-order chi connectivity index (χ0) is 17.4. The molecule has 1 N–H and O–H groups in total. The number of aryl methyl sites for hydroxylation is 2. The lowest BCUT2D eigenvalue weighted by atomic mass is 10.1. The number of likely N-dealkylation sites (N-methyl/N-ethyl adjacent to an activating group) is 2. The molecule has 0 spiro atoms. The summed E-state index contributed by atoms with van der Waals surface area (Å²) < 4.78 is 10.2. The first-order chi connectivity index (χ1) is 10.8. The highest BCUT2D eigenvalue weighted by molar-refractivity contribution is 5.86. The molecular weight excluding hydrogens is 300 g/mol. The SMILES string of the molecule is CNC(=O)CN(C)C(=O)COC(=O)COc1cc(C)ccc1C. The molecule has 2 amide bonds. The maximum Gasteiger partial charge on any atom is 0.344 e. The van der Waals surface area contributed by atoms with Gasteiger partial charge in [-0.05, 0) is 31.0 Å². The number of hydrogen-bond acceptors (Lipinski definition) is 5. The topological polar surface area (TPSA) is 84.9 Å². The molecule has 0 aliphatic carbocycles. The Hall–Kier alpha value is -2.57. The largest absolute Gasteiger partial charge is 0.482 e. The molecule has 1 rings (SSSR count). The molecule has 23 heavy (non-hydrogen) atoms. The molecule has 7 nitrogen and oxygen atoms in total. The maximum atomic E-state index is 11.7. The molecule has 0 radical (unpaired) electrons. The second-order valence-corrected chi connectivity index (χ2v) is 5.14. The van der Waals surface area contributed by atoms with Gasteiger partial charge in [0.1, 0.15) is 5.75 Å². The Morgan fingerprint density at radius 1 is 1.17 bits per heavy atom. The van der Waals surface area contributed by atoms with Gasteiger partial charge in [-0.2, -0.15) is 0 Å². The fourth-order valence-electron chi connectivity index (χ4n) is 1.68. The minimum Gasteiger partial charge on any atom is -0.482 e. The van der Waals surface area contributed by atoms with Crippen LogP contribution in [0.15, 0.2) is 18.2 Å². The van der Waals surface area contributed by atoms with E-state index in [0.29, 0.717) is 5.75 Å². The molecule has 0 fully saturated rings. The van der Waals surface area contributed by atoms with Gasteiger partial charge in [-0.25, -0.2) is 4.79 Å². The van der Waals surface area contributed by atoms with Crippen molar-refractivity contribution in [1.82, 2.24) is 10.2 Å². The van der Waals surface area contributed by atoms with Crippen LogP contribution in [-0.2, 0) is 19.1 Å². The van der Waals surface area contributed by atoms with E-state index < -0.39 is 18.5 Å². The zero-order valence-corrected chi connectivity index (χ0v) is 13.8. The van der Waals surface area contributed by atoms with Crippen molar-refractivity contribution in [2.45, 2.75) is 13.8 Å². The summed E-state index contributed by atoms with van der Waals surface area (Å²) in [5, 5.41) is 2.40. The molecule has 0 unspecified atom stereocenters. The molecule has 0 atom stereocenters. The fourth-order valence-corrected chi connectivity index (χ4v) is 1.68. The quantitative estimate of drug-likeness (QED) is 0.736. The third kappa shape index (κ3) is 6.37. The Labute approximate surface area is 135 Å². The summed E-state index contributed by atoms with van der Waals surface area (Å²) in [6, 6.07) is 5.67. The molecule has 0 saturated heterocycles. The average Bonchev–Trinajstić information content (AvgIpc) is 2.52. The number of benzene rings is 1. The molecule has 0 aliphatic rings. The number of nitrogens with zero attached hydrogens (tertiary/aromatic N) is 1. The van der Waals surface area contributed by atoms with Gasteiger partial charge in [-0.1, -0.05) is 12.1 Å². The third-order valence-corrected chi connectivity index (χ3v) is 3.13. The highest BCUT2D eigenvalue weighted by Crippen LogP contribution is 2.18. The standard InChI is InChI=1S/C16H22N2O5/c1-11-5-6-12(2)13(7-11)22-10-16(21)23-9-15(20)18(4)8-14(19)17-3/h5-7H,8-10H2,1-4H3,(H,17,19). The number of rotatable bonds is 7. The molecule has 7 heteroatoms. The molecule has 1 aromatic rings. The van der Waals surface area contributed by atoms with E-state index in [9.17, 15) is 14.4 Å². The first-order valence-electron chi connectivity index (χ1n) is 7.13. The zero-order valence-electron chi connectivity index (χ0n) is 13.8. The van der Waals surface area contributed by atoms with Crippen LogP contribution < -0.4 is 10.1 Å². The number of carbonyl (C=O) groups is 3. The van der Waals surface area contributed by atoms with Gasteiger partial charge in [0.15, 0.2) is 13.2 Å². The lowest BCUT2D eigenvalue weighted by Gasteiger charge is -2.16. The Kier molecular flexibility index (Phi) is 7.05. The monoisotopic (exact) mass is 322 g/mol. The number of ether oxygens (including phenoxy) is 2. The van der Waals surface area contributed by atoms with E-state index in [1.165, 1.54) is 19.0 Å². The molecular formula is C16H22N2O5. The van der Waals surface area contributed by atoms with Crippen molar-refractivity contribution < 1.29 is 23.9 Å².